The van der Waals surface area contributed by atoms with Crippen LogP contribution in [0.4, 0.5) is 0 Å². The van der Waals surface area contributed by atoms with Crippen LogP contribution in [0.5, 0.6) is 0 Å². The average Bonchev–Trinajstić information content (AvgIpc) is 2.80. The zero-order valence-electron chi connectivity index (χ0n) is 9.43. The van der Waals surface area contributed by atoms with Gasteiger partial charge in [-0.25, -0.2) is 0 Å². The summed E-state index contributed by atoms with van der Waals surface area (Å²) >= 11 is 0. The van der Waals surface area contributed by atoms with Crippen molar-refractivity contribution in [2.45, 2.75) is 39.7 Å². The minimum absolute atomic E-state index is 0.488. The summed E-state index contributed by atoms with van der Waals surface area (Å²) in [5.41, 5.74) is 0.488. The molecule has 2 rings (SSSR count). The maximum atomic E-state index is 4.43. The molecule has 0 aromatic rings. The molecule has 1 aliphatic heterocycles. The highest BCUT2D eigenvalue weighted by molar-refractivity contribution is 5.81. The SMILES string of the molecule is CC(C)C1(C)CC1NC1=NCCCN1. The zero-order chi connectivity index (χ0) is 10.2. The largest absolute Gasteiger partial charge is 0.356 e. The second-order valence-electron chi connectivity index (χ2n) is 5.07. The maximum Gasteiger partial charge on any atom is 0.191 e. The highest BCUT2D eigenvalue weighted by Gasteiger charge is 2.52. The summed E-state index contributed by atoms with van der Waals surface area (Å²) in [6.07, 6.45) is 2.45. The Morgan fingerprint density at radius 2 is 2.36 bits per heavy atom. The molecule has 1 aliphatic carbocycles. The lowest BCUT2D eigenvalue weighted by Gasteiger charge is -2.20. The minimum Gasteiger partial charge on any atom is -0.356 e. The van der Waals surface area contributed by atoms with E-state index < -0.39 is 0 Å². The van der Waals surface area contributed by atoms with Gasteiger partial charge in [-0.1, -0.05) is 20.8 Å². The van der Waals surface area contributed by atoms with E-state index in [-0.39, 0.29) is 0 Å². The second-order valence-corrected chi connectivity index (χ2v) is 5.07. The fourth-order valence-electron chi connectivity index (χ4n) is 2.03. The number of hydrogen-bond donors (Lipinski definition) is 2. The molecule has 80 valence electrons. The molecule has 3 nitrogen and oxygen atoms in total. The van der Waals surface area contributed by atoms with Gasteiger partial charge in [-0.2, -0.15) is 0 Å². The Kier molecular flexibility index (Phi) is 2.41. The Morgan fingerprint density at radius 1 is 1.57 bits per heavy atom. The molecule has 0 bridgehead atoms. The Morgan fingerprint density at radius 3 is 2.86 bits per heavy atom. The number of nitrogens with zero attached hydrogens (tertiary/aromatic N) is 1. The van der Waals surface area contributed by atoms with Crippen molar-refractivity contribution in [2.24, 2.45) is 16.3 Å². The molecule has 0 saturated heterocycles. The van der Waals surface area contributed by atoms with Crippen LogP contribution in [0.3, 0.4) is 0 Å². The van der Waals surface area contributed by atoms with Crippen LogP contribution in [0.2, 0.25) is 0 Å². The lowest BCUT2D eigenvalue weighted by atomic mass is 9.94. The first-order valence-corrected chi connectivity index (χ1v) is 5.68. The molecule has 3 heteroatoms. The summed E-state index contributed by atoms with van der Waals surface area (Å²) in [6, 6.07) is 0.631. The van der Waals surface area contributed by atoms with Crippen LogP contribution >= 0.6 is 0 Å². The summed E-state index contributed by atoms with van der Waals surface area (Å²) in [5.74, 6) is 1.77. The van der Waals surface area contributed by atoms with Gasteiger partial charge in [-0.05, 0) is 24.2 Å². The predicted molar refractivity (Wildman–Crippen MR) is 59.4 cm³/mol. The third-order valence-corrected chi connectivity index (χ3v) is 3.81. The molecule has 1 saturated carbocycles. The number of hydrogen-bond acceptors (Lipinski definition) is 3. The van der Waals surface area contributed by atoms with Crippen molar-refractivity contribution < 1.29 is 0 Å². The maximum absolute atomic E-state index is 4.43. The topological polar surface area (TPSA) is 36.4 Å². The molecule has 0 radical (unpaired) electrons. The van der Waals surface area contributed by atoms with Crippen molar-refractivity contribution in [2.75, 3.05) is 13.1 Å². The van der Waals surface area contributed by atoms with Gasteiger partial charge in [0.25, 0.3) is 0 Å². The molecule has 1 fully saturated rings. The molecule has 2 aliphatic rings. The van der Waals surface area contributed by atoms with E-state index in [1.807, 2.05) is 0 Å². The third-order valence-electron chi connectivity index (χ3n) is 3.81. The van der Waals surface area contributed by atoms with E-state index in [0.29, 0.717) is 11.5 Å². The van der Waals surface area contributed by atoms with Gasteiger partial charge in [0, 0.05) is 19.1 Å². The molecule has 0 amide bonds. The van der Waals surface area contributed by atoms with Gasteiger partial charge in [0.2, 0.25) is 0 Å². The molecule has 0 spiro atoms. The standard InChI is InChI=1S/C11H21N3/c1-8(2)11(3)7-9(11)14-10-12-5-4-6-13-10/h8-9H,4-7H2,1-3H3,(H2,12,13,14). The summed E-state index contributed by atoms with van der Waals surface area (Å²) in [6.45, 7) is 9.01. The highest BCUT2D eigenvalue weighted by atomic mass is 15.2. The second kappa shape index (κ2) is 3.44. The van der Waals surface area contributed by atoms with Crippen LogP contribution < -0.4 is 10.6 Å². The molecule has 1 heterocycles. The first-order valence-electron chi connectivity index (χ1n) is 5.68. The fourth-order valence-corrected chi connectivity index (χ4v) is 2.03. The Labute approximate surface area is 86.4 Å². The number of guanidine groups is 1. The van der Waals surface area contributed by atoms with Gasteiger partial charge in [0.05, 0.1) is 0 Å². The summed E-state index contributed by atoms with van der Waals surface area (Å²) in [5, 5.41) is 6.81. The van der Waals surface area contributed by atoms with E-state index >= 15 is 0 Å². The molecule has 14 heavy (non-hydrogen) atoms. The summed E-state index contributed by atoms with van der Waals surface area (Å²) in [4.78, 5) is 4.43. The smallest absolute Gasteiger partial charge is 0.191 e. The van der Waals surface area contributed by atoms with Gasteiger partial charge >= 0.3 is 0 Å². The lowest BCUT2D eigenvalue weighted by Crippen LogP contribution is -2.43. The van der Waals surface area contributed by atoms with E-state index in [9.17, 15) is 0 Å². The van der Waals surface area contributed by atoms with E-state index in [4.69, 9.17) is 0 Å². The molecule has 2 atom stereocenters. The van der Waals surface area contributed by atoms with Crippen molar-refractivity contribution in [3.63, 3.8) is 0 Å². The molecule has 2 unspecified atom stereocenters. The minimum atomic E-state index is 0.488. The average molecular weight is 195 g/mol. The summed E-state index contributed by atoms with van der Waals surface area (Å²) in [7, 11) is 0. The monoisotopic (exact) mass is 195 g/mol. The number of nitrogens with one attached hydrogen (secondary N) is 2. The van der Waals surface area contributed by atoms with E-state index in [1.54, 1.807) is 0 Å². The van der Waals surface area contributed by atoms with Gasteiger partial charge < -0.3 is 10.6 Å². The van der Waals surface area contributed by atoms with Gasteiger partial charge in [0.1, 0.15) is 0 Å². The van der Waals surface area contributed by atoms with Gasteiger partial charge in [-0.15, -0.1) is 0 Å². The van der Waals surface area contributed by atoms with E-state index in [2.05, 4.69) is 36.4 Å². The predicted octanol–water partition coefficient (Wildman–Crippen LogP) is 1.36. The van der Waals surface area contributed by atoms with Crippen molar-refractivity contribution in [3.8, 4) is 0 Å². The normalized spacial score (nSPS) is 36.3. The van der Waals surface area contributed by atoms with Gasteiger partial charge in [0.15, 0.2) is 5.96 Å². The highest BCUT2D eigenvalue weighted by Crippen LogP contribution is 2.51. The van der Waals surface area contributed by atoms with Gasteiger partial charge in [-0.3, -0.25) is 4.99 Å². The molecular weight excluding hydrogens is 174 g/mol. The van der Waals surface area contributed by atoms with Crippen LogP contribution in [0, 0.1) is 11.3 Å². The molecule has 2 N–H and O–H groups in total. The van der Waals surface area contributed by atoms with E-state index in [0.717, 1.165) is 31.4 Å². The molecular formula is C11H21N3. The number of aliphatic imine (C=N–C) groups is 1. The molecule has 0 aromatic carbocycles. The Bertz CT molecular complexity index is 247. The first kappa shape index (κ1) is 9.81. The zero-order valence-corrected chi connectivity index (χ0v) is 9.43. The summed E-state index contributed by atoms with van der Waals surface area (Å²) < 4.78 is 0. The van der Waals surface area contributed by atoms with Crippen LogP contribution in [0.1, 0.15) is 33.6 Å². The first-order chi connectivity index (χ1) is 6.63. The quantitative estimate of drug-likeness (QED) is 0.698. The third kappa shape index (κ3) is 1.72. The van der Waals surface area contributed by atoms with Crippen molar-refractivity contribution >= 4 is 5.96 Å². The van der Waals surface area contributed by atoms with Crippen LogP contribution in [-0.2, 0) is 0 Å². The number of rotatable bonds is 2. The molecule has 0 aromatic heterocycles. The van der Waals surface area contributed by atoms with Crippen molar-refractivity contribution in [1.82, 2.24) is 10.6 Å². The van der Waals surface area contributed by atoms with Crippen molar-refractivity contribution in [1.29, 1.82) is 0 Å². The lowest BCUT2D eigenvalue weighted by molar-refractivity contribution is 0.374. The van der Waals surface area contributed by atoms with Crippen molar-refractivity contribution in [3.05, 3.63) is 0 Å². The van der Waals surface area contributed by atoms with Crippen LogP contribution in [-0.4, -0.2) is 25.1 Å². The van der Waals surface area contributed by atoms with Crippen LogP contribution in [0.25, 0.3) is 0 Å². The Hall–Kier alpha value is -0.730. The Balaban J connectivity index is 1.86. The fraction of sp³-hybridized carbons (Fsp3) is 0.909. The van der Waals surface area contributed by atoms with Crippen LogP contribution in [0.15, 0.2) is 4.99 Å². The van der Waals surface area contributed by atoms with E-state index in [1.165, 1.54) is 6.42 Å².